The van der Waals surface area contributed by atoms with Crippen LogP contribution in [-0.2, 0) is 16.9 Å². The highest BCUT2D eigenvalue weighted by atomic mass is 35.5. The molecule has 1 aliphatic rings. The average molecular weight is 352 g/mol. The summed E-state index contributed by atoms with van der Waals surface area (Å²) < 4.78 is 6.76. The number of aryl methyl sites for hydroxylation is 2. The summed E-state index contributed by atoms with van der Waals surface area (Å²) in [6.07, 6.45) is 4.84. The number of hydrogen-bond acceptors (Lipinski definition) is 5. The molecular formula is C16H22ClN5O2. The minimum atomic E-state index is -0.549. The molecule has 0 saturated heterocycles. The normalized spacial score (nSPS) is 17.0. The highest BCUT2D eigenvalue weighted by molar-refractivity contribution is 6.31. The Morgan fingerprint density at radius 3 is 2.54 bits per heavy atom. The fraction of sp³-hybridized carbons (Fsp3) is 0.625. The van der Waals surface area contributed by atoms with Crippen molar-refractivity contribution in [3.63, 3.8) is 0 Å². The minimum Gasteiger partial charge on any atom is -0.342 e. The van der Waals surface area contributed by atoms with E-state index in [-0.39, 0.29) is 12.5 Å². The zero-order valence-electron chi connectivity index (χ0n) is 14.2. The molecule has 1 amide bonds. The van der Waals surface area contributed by atoms with Crippen molar-refractivity contribution in [3.05, 3.63) is 28.1 Å². The molecule has 2 aromatic rings. The lowest BCUT2D eigenvalue weighted by atomic mass is 9.81. The van der Waals surface area contributed by atoms with E-state index in [1.165, 1.54) is 0 Å². The first-order chi connectivity index (χ1) is 11.4. The molecule has 0 aliphatic heterocycles. The summed E-state index contributed by atoms with van der Waals surface area (Å²) in [6, 6.07) is 0. The second-order valence-electron chi connectivity index (χ2n) is 6.47. The van der Waals surface area contributed by atoms with Crippen molar-refractivity contribution >= 4 is 17.5 Å². The Morgan fingerprint density at radius 1 is 1.29 bits per heavy atom. The van der Waals surface area contributed by atoms with Gasteiger partial charge in [-0.25, -0.2) is 0 Å². The number of nitrogens with zero attached hydrogens (tertiary/aromatic N) is 4. The Balaban J connectivity index is 1.80. The molecule has 0 atom stereocenters. The Labute approximate surface area is 145 Å². The van der Waals surface area contributed by atoms with Crippen LogP contribution in [0, 0.1) is 20.8 Å². The van der Waals surface area contributed by atoms with E-state index in [9.17, 15) is 4.79 Å². The summed E-state index contributed by atoms with van der Waals surface area (Å²) in [7, 11) is 0. The molecule has 0 radical (unpaired) electrons. The SMILES string of the molecule is Cc1nc(C2(NC(=O)Cn3nc(C)c(Cl)c3C)CCCCC2)no1. The molecule has 0 spiro atoms. The zero-order valence-corrected chi connectivity index (χ0v) is 15.0. The van der Waals surface area contributed by atoms with Crippen molar-refractivity contribution in [3.8, 4) is 0 Å². The van der Waals surface area contributed by atoms with Gasteiger partial charge in [-0.3, -0.25) is 9.48 Å². The van der Waals surface area contributed by atoms with Gasteiger partial charge >= 0.3 is 0 Å². The molecule has 3 rings (SSSR count). The number of nitrogens with one attached hydrogen (secondary N) is 1. The van der Waals surface area contributed by atoms with Gasteiger partial charge in [-0.2, -0.15) is 10.1 Å². The van der Waals surface area contributed by atoms with Crippen LogP contribution in [0.1, 0.15) is 55.2 Å². The number of hydrogen-bond donors (Lipinski definition) is 1. The summed E-state index contributed by atoms with van der Waals surface area (Å²) in [5.74, 6) is 0.954. The number of halogens is 1. The third kappa shape index (κ3) is 3.17. The molecule has 24 heavy (non-hydrogen) atoms. The predicted molar refractivity (Wildman–Crippen MR) is 88.7 cm³/mol. The van der Waals surface area contributed by atoms with Gasteiger partial charge in [-0.1, -0.05) is 36.0 Å². The van der Waals surface area contributed by atoms with Crippen LogP contribution >= 0.6 is 11.6 Å². The zero-order chi connectivity index (χ0) is 17.3. The Kier molecular flexibility index (Phi) is 4.62. The average Bonchev–Trinajstić information content (AvgIpc) is 3.09. The van der Waals surface area contributed by atoms with E-state index in [0.717, 1.165) is 43.5 Å². The predicted octanol–water partition coefficient (Wildman–Crippen LogP) is 2.82. The van der Waals surface area contributed by atoms with Crippen LogP contribution in [0.4, 0.5) is 0 Å². The lowest BCUT2D eigenvalue weighted by Gasteiger charge is -2.35. The van der Waals surface area contributed by atoms with Gasteiger partial charge in [-0.15, -0.1) is 0 Å². The second kappa shape index (κ2) is 6.55. The van der Waals surface area contributed by atoms with Gasteiger partial charge < -0.3 is 9.84 Å². The van der Waals surface area contributed by atoms with Gasteiger partial charge in [0.1, 0.15) is 12.1 Å². The summed E-state index contributed by atoms with van der Waals surface area (Å²) >= 11 is 6.15. The first-order valence-corrected chi connectivity index (χ1v) is 8.60. The van der Waals surface area contributed by atoms with Crippen molar-refractivity contribution in [2.45, 2.75) is 65.0 Å². The molecule has 7 nitrogen and oxygen atoms in total. The van der Waals surface area contributed by atoms with Crippen molar-refractivity contribution in [2.75, 3.05) is 0 Å². The molecule has 130 valence electrons. The topological polar surface area (TPSA) is 85.8 Å². The smallest absolute Gasteiger partial charge is 0.242 e. The highest BCUT2D eigenvalue weighted by Crippen LogP contribution is 2.35. The number of carbonyl (C=O) groups excluding carboxylic acids is 1. The molecule has 8 heteroatoms. The van der Waals surface area contributed by atoms with Crippen molar-refractivity contribution < 1.29 is 9.32 Å². The molecule has 1 fully saturated rings. The van der Waals surface area contributed by atoms with Crippen LogP contribution in [0.2, 0.25) is 5.02 Å². The van der Waals surface area contributed by atoms with Crippen LogP contribution in [-0.4, -0.2) is 25.8 Å². The largest absolute Gasteiger partial charge is 0.342 e. The standard InChI is InChI=1S/C16H22ClN5O2/c1-10-14(17)11(2)22(20-10)9-13(23)19-16(7-5-4-6-8-16)15-18-12(3)24-21-15/h4-9H2,1-3H3,(H,19,23). The second-order valence-corrected chi connectivity index (χ2v) is 6.85. The first kappa shape index (κ1) is 17.0. The number of carbonyl (C=O) groups is 1. The maximum Gasteiger partial charge on any atom is 0.242 e. The van der Waals surface area contributed by atoms with Crippen LogP contribution < -0.4 is 5.32 Å². The Morgan fingerprint density at radius 2 is 2.00 bits per heavy atom. The minimum absolute atomic E-state index is 0.123. The Hall–Kier alpha value is -1.89. The lowest BCUT2D eigenvalue weighted by Crippen LogP contribution is -2.49. The maximum absolute atomic E-state index is 12.6. The molecule has 1 N–H and O–H groups in total. The monoisotopic (exact) mass is 351 g/mol. The molecule has 2 aromatic heterocycles. The van der Waals surface area contributed by atoms with Gasteiger partial charge in [0, 0.05) is 6.92 Å². The van der Waals surface area contributed by atoms with E-state index in [2.05, 4.69) is 20.6 Å². The van der Waals surface area contributed by atoms with Gasteiger partial charge in [0.25, 0.3) is 0 Å². The highest BCUT2D eigenvalue weighted by Gasteiger charge is 2.39. The van der Waals surface area contributed by atoms with Crippen LogP contribution in [0.5, 0.6) is 0 Å². The van der Waals surface area contributed by atoms with Crippen molar-refractivity contribution in [1.29, 1.82) is 0 Å². The van der Waals surface area contributed by atoms with E-state index in [1.54, 1.807) is 11.6 Å². The van der Waals surface area contributed by atoms with E-state index < -0.39 is 5.54 Å². The summed E-state index contributed by atoms with van der Waals surface area (Å²) in [5.41, 5.74) is 0.966. The van der Waals surface area contributed by atoms with Gasteiger partial charge in [-0.05, 0) is 26.7 Å². The molecule has 2 heterocycles. The Bertz CT molecular complexity index is 746. The van der Waals surface area contributed by atoms with Crippen LogP contribution in [0.25, 0.3) is 0 Å². The van der Waals surface area contributed by atoms with E-state index in [0.29, 0.717) is 16.7 Å². The van der Waals surface area contributed by atoms with Gasteiger partial charge in [0.05, 0.1) is 16.4 Å². The number of aromatic nitrogens is 4. The van der Waals surface area contributed by atoms with E-state index >= 15 is 0 Å². The maximum atomic E-state index is 12.6. The van der Waals surface area contributed by atoms with Gasteiger partial charge in [0.2, 0.25) is 11.8 Å². The third-order valence-electron chi connectivity index (χ3n) is 4.63. The molecule has 0 aromatic carbocycles. The third-order valence-corrected chi connectivity index (χ3v) is 5.17. The molecule has 1 saturated carbocycles. The van der Waals surface area contributed by atoms with Crippen LogP contribution in [0.15, 0.2) is 4.52 Å². The van der Waals surface area contributed by atoms with Crippen molar-refractivity contribution in [1.82, 2.24) is 25.2 Å². The number of rotatable bonds is 4. The molecule has 0 bridgehead atoms. The van der Waals surface area contributed by atoms with E-state index in [4.69, 9.17) is 16.1 Å². The molecular weight excluding hydrogens is 330 g/mol. The molecule has 0 unspecified atom stereocenters. The first-order valence-electron chi connectivity index (χ1n) is 8.22. The lowest BCUT2D eigenvalue weighted by molar-refractivity contribution is -0.124. The fourth-order valence-corrected chi connectivity index (χ4v) is 3.46. The van der Waals surface area contributed by atoms with Crippen molar-refractivity contribution in [2.24, 2.45) is 0 Å². The quantitative estimate of drug-likeness (QED) is 0.915. The summed E-state index contributed by atoms with van der Waals surface area (Å²) in [4.78, 5) is 17.0. The van der Waals surface area contributed by atoms with E-state index in [1.807, 2.05) is 13.8 Å². The summed E-state index contributed by atoms with van der Waals surface area (Å²) in [5, 5.41) is 12.1. The van der Waals surface area contributed by atoms with Gasteiger partial charge in [0.15, 0.2) is 5.82 Å². The summed E-state index contributed by atoms with van der Waals surface area (Å²) in [6.45, 7) is 5.56. The number of amides is 1. The fourth-order valence-electron chi connectivity index (χ4n) is 3.32. The van der Waals surface area contributed by atoms with Crippen LogP contribution in [0.3, 0.4) is 0 Å². The molecule has 1 aliphatic carbocycles.